The maximum atomic E-state index is 12.1. The van der Waals surface area contributed by atoms with Crippen molar-refractivity contribution < 1.29 is 18.1 Å². The van der Waals surface area contributed by atoms with E-state index in [1.54, 1.807) is 18.2 Å². The van der Waals surface area contributed by atoms with E-state index in [9.17, 15) is 13.2 Å². The predicted octanol–water partition coefficient (Wildman–Crippen LogP) is -0.0612. The minimum atomic E-state index is -3.39. The van der Waals surface area contributed by atoms with Gasteiger partial charge in [-0.3, -0.25) is 4.79 Å². The molecule has 1 aromatic carbocycles. The van der Waals surface area contributed by atoms with Gasteiger partial charge < -0.3 is 10.2 Å². The van der Waals surface area contributed by atoms with Crippen molar-refractivity contribution in [3.8, 4) is 0 Å². The van der Waals surface area contributed by atoms with E-state index in [1.807, 2.05) is 0 Å². The topological polar surface area (TPSA) is 74.2 Å². The number of carbonyl (C=O) groups is 1. The largest absolute Gasteiger partial charge is 0.325 e. The standard InChI is InChI=1S/C14H20Cl2N4O3S/c1-18(2)24(22,23)20-5-3-19(4-6-20)10-14(21)17-13-8-11(15)7-12(16)9-13/h7-9H,3-6,10H2,1-2H3,(H,17,21)/p+1. The highest BCUT2D eigenvalue weighted by atomic mass is 35.5. The van der Waals surface area contributed by atoms with Gasteiger partial charge in [0.15, 0.2) is 6.54 Å². The quantitative estimate of drug-likeness (QED) is 0.733. The third-order valence-electron chi connectivity index (χ3n) is 3.77. The Kier molecular flexibility index (Phi) is 6.46. The molecule has 7 nitrogen and oxygen atoms in total. The van der Waals surface area contributed by atoms with Crippen LogP contribution in [-0.2, 0) is 15.0 Å². The molecule has 0 aromatic heterocycles. The van der Waals surface area contributed by atoms with Gasteiger partial charge in [0, 0.05) is 29.8 Å². The molecule has 0 aliphatic carbocycles. The molecule has 10 heteroatoms. The van der Waals surface area contributed by atoms with Crippen LogP contribution in [0.25, 0.3) is 0 Å². The summed E-state index contributed by atoms with van der Waals surface area (Å²) in [5.41, 5.74) is 0.547. The first-order valence-electron chi connectivity index (χ1n) is 7.45. The Hall–Kier alpha value is -0.900. The molecule has 1 heterocycles. The first-order valence-corrected chi connectivity index (χ1v) is 9.61. The van der Waals surface area contributed by atoms with Crippen LogP contribution in [0, 0.1) is 0 Å². The second kappa shape index (κ2) is 7.99. The molecule has 1 aromatic rings. The molecular weight excluding hydrogens is 375 g/mol. The molecule has 0 unspecified atom stereocenters. The first-order chi connectivity index (χ1) is 11.2. The molecule has 24 heavy (non-hydrogen) atoms. The number of nitrogens with one attached hydrogen (secondary N) is 2. The summed E-state index contributed by atoms with van der Waals surface area (Å²) in [6.45, 7) is 2.21. The van der Waals surface area contributed by atoms with Gasteiger partial charge in [-0.1, -0.05) is 23.2 Å². The fraction of sp³-hybridized carbons (Fsp3) is 0.500. The van der Waals surface area contributed by atoms with Crippen molar-refractivity contribution in [1.29, 1.82) is 0 Å². The summed E-state index contributed by atoms with van der Waals surface area (Å²) >= 11 is 11.8. The van der Waals surface area contributed by atoms with E-state index in [2.05, 4.69) is 5.32 Å². The van der Waals surface area contributed by atoms with Gasteiger partial charge in [0.25, 0.3) is 16.1 Å². The molecule has 0 spiro atoms. The van der Waals surface area contributed by atoms with Crippen LogP contribution in [0.5, 0.6) is 0 Å². The summed E-state index contributed by atoms with van der Waals surface area (Å²) in [5.74, 6) is -0.160. The smallest absolute Gasteiger partial charge is 0.281 e. The molecule has 1 aliphatic heterocycles. The Morgan fingerprint density at radius 3 is 2.25 bits per heavy atom. The maximum Gasteiger partial charge on any atom is 0.281 e. The molecule has 1 amide bonds. The van der Waals surface area contributed by atoms with Gasteiger partial charge in [-0.2, -0.15) is 17.0 Å². The number of rotatable bonds is 5. The van der Waals surface area contributed by atoms with Crippen molar-refractivity contribution in [2.24, 2.45) is 0 Å². The minimum Gasteiger partial charge on any atom is -0.325 e. The van der Waals surface area contributed by atoms with Crippen LogP contribution < -0.4 is 10.2 Å². The Morgan fingerprint density at radius 1 is 1.21 bits per heavy atom. The van der Waals surface area contributed by atoms with Gasteiger partial charge in [0.1, 0.15) is 0 Å². The van der Waals surface area contributed by atoms with Crippen molar-refractivity contribution in [2.75, 3.05) is 52.1 Å². The second-order valence-corrected chi connectivity index (χ2v) is 8.84. The predicted molar refractivity (Wildman–Crippen MR) is 94.8 cm³/mol. The van der Waals surface area contributed by atoms with Gasteiger partial charge in [0.05, 0.1) is 26.2 Å². The zero-order valence-electron chi connectivity index (χ0n) is 13.6. The Balaban J connectivity index is 1.86. The summed E-state index contributed by atoms with van der Waals surface area (Å²) in [6, 6.07) is 4.85. The summed E-state index contributed by atoms with van der Waals surface area (Å²) in [7, 11) is -0.362. The van der Waals surface area contributed by atoms with Crippen molar-refractivity contribution in [1.82, 2.24) is 8.61 Å². The Morgan fingerprint density at radius 2 is 1.75 bits per heavy atom. The molecule has 0 bridgehead atoms. The summed E-state index contributed by atoms with van der Waals surface area (Å²) in [5, 5.41) is 3.66. The van der Waals surface area contributed by atoms with E-state index in [1.165, 1.54) is 22.7 Å². The minimum absolute atomic E-state index is 0.160. The van der Waals surface area contributed by atoms with Crippen LogP contribution in [0.3, 0.4) is 0 Å². The normalized spacial score (nSPS) is 17.2. The lowest BCUT2D eigenvalue weighted by Gasteiger charge is -2.32. The molecule has 1 saturated heterocycles. The van der Waals surface area contributed by atoms with E-state index in [0.717, 1.165) is 4.90 Å². The number of nitrogens with zero attached hydrogens (tertiary/aromatic N) is 2. The number of piperazine rings is 1. The highest BCUT2D eigenvalue weighted by Crippen LogP contribution is 2.22. The third-order valence-corrected chi connectivity index (χ3v) is 6.15. The van der Waals surface area contributed by atoms with Crippen LogP contribution in [0.4, 0.5) is 5.69 Å². The number of quaternary nitrogens is 1. The van der Waals surface area contributed by atoms with E-state index < -0.39 is 10.2 Å². The van der Waals surface area contributed by atoms with E-state index >= 15 is 0 Å². The fourth-order valence-electron chi connectivity index (χ4n) is 2.50. The van der Waals surface area contributed by atoms with E-state index in [4.69, 9.17) is 23.2 Å². The van der Waals surface area contributed by atoms with E-state index in [-0.39, 0.29) is 12.5 Å². The first kappa shape index (κ1) is 19.4. The van der Waals surface area contributed by atoms with Crippen LogP contribution >= 0.6 is 23.2 Å². The average molecular weight is 396 g/mol. The number of carbonyl (C=O) groups excluding carboxylic acids is 1. The average Bonchev–Trinajstić information content (AvgIpc) is 2.46. The Bertz CT molecular complexity index is 684. The zero-order valence-corrected chi connectivity index (χ0v) is 15.9. The molecule has 0 atom stereocenters. The van der Waals surface area contributed by atoms with Gasteiger partial charge in [-0.05, 0) is 18.2 Å². The highest BCUT2D eigenvalue weighted by Gasteiger charge is 2.31. The number of benzene rings is 1. The summed E-state index contributed by atoms with van der Waals surface area (Å²) < 4.78 is 26.8. The van der Waals surface area contributed by atoms with Crippen molar-refractivity contribution >= 4 is 45.0 Å². The number of hydrogen-bond donors (Lipinski definition) is 2. The maximum absolute atomic E-state index is 12.1. The highest BCUT2D eigenvalue weighted by molar-refractivity contribution is 7.86. The molecule has 1 aliphatic rings. The summed E-state index contributed by atoms with van der Waals surface area (Å²) in [4.78, 5) is 13.2. The van der Waals surface area contributed by atoms with Crippen LogP contribution in [-0.4, -0.2) is 69.8 Å². The van der Waals surface area contributed by atoms with E-state index in [0.29, 0.717) is 41.9 Å². The third kappa shape index (κ3) is 5.05. The lowest BCUT2D eigenvalue weighted by atomic mass is 10.3. The lowest BCUT2D eigenvalue weighted by molar-refractivity contribution is -0.895. The molecule has 2 N–H and O–H groups in total. The molecule has 134 valence electrons. The number of hydrogen-bond acceptors (Lipinski definition) is 3. The number of halogens is 2. The molecule has 1 fully saturated rings. The molecular formula is C14H21Cl2N4O3S+. The number of anilines is 1. The van der Waals surface area contributed by atoms with Gasteiger partial charge in [-0.25, -0.2) is 0 Å². The van der Waals surface area contributed by atoms with Gasteiger partial charge in [0.2, 0.25) is 0 Å². The second-order valence-electron chi connectivity index (χ2n) is 5.82. The lowest BCUT2D eigenvalue weighted by Crippen LogP contribution is -3.15. The van der Waals surface area contributed by atoms with Crippen LogP contribution in [0.1, 0.15) is 0 Å². The van der Waals surface area contributed by atoms with Crippen molar-refractivity contribution in [2.45, 2.75) is 0 Å². The summed E-state index contributed by atoms with van der Waals surface area (Å²) in [6.07, 6.45) is 0. The monoisotopic (exact) mass is 395 g/mol. The SMILES string of the molecule is CN(C)S(=O)(=O)N1CC[NH+](CC(=O)Nc2cc(Cl)cc(Cl)c2)CC1. The van der Waals surface area contributed by atoms with Crippen molar-refractivity contribution in [3.05, 3.63) is 28.2 Å². The molecule has 0 radical (unpaired) electrons. The molecule has 2 rings (SSSR count). The number of amides is 1. The Labute approximate surface area is 152 Å². The van der Waals surface area contributed by atoms with Crippen LogP contribution in [0.2, 0.25) is 10.0 Å². The fourth-order valence-corrected chi connectivity index (χ4v) is 4.13. The van der Waals surface area contributed by atoms with Gasteiger partial charge in [-0.15, -0.1) is 0 Å². The zero-order chi connectivity index (χ0) is 17.9. The van der Waals surface area contributed by atoms with Crippen LogP contribution in [0.15, 0.2) is 18.2 Å². The van der Waals surface area contributed by atoms with Crippen molar-refractivity contribution in [3.63, 3.8) is 0 Å². The van der Waals surface area contributed by atoms with Gasteiger partial charge >= 0.3 is 0 Å². The molecule has 0 saturated carbocycles.